The van der Waals surface area contributed by atoms with E-state index in [1.54, 1.807) is 17.8 Å². The number of hydrogen-bond acceptors (Lipinski definition) is 3. The molecule has 0 radical (unpaired) electrons. The fourth-order valence-electron chi connectivity index (χ4n) is 1.34. The third-order valence-corrected chi connectivity index (χ3v) is 2.98. The van der Waals surface area contributed by atoms with E-state index >= 15 is 0 Å². The van der Waals surface area contributed by atoms with Gasteiger partial charge in [-0.1, -0.05) is 48.9 Å². The van der Waals surface area contributed by atoms with Crippen LogP contribution >= 0.6 is 23.4 Å². The molecule has 2 rings (SSSR count). The van der Waals surface area contributed by atoms with Crippen LogP contribution in [0.3, 0.4) is 0 Å². The molecule has 4 heteroatoms. The molecule has 0 amide bonds. The van der Waals surface area contributed by atoms with Gasteiger partial charge in [0.15, 0.2) is 5.82 Å². The van der Waals surface area contributed by atoms with E-state index < -0.39 is 0 Å². The van der Waals surface area contributed by atoms with Crippen molar-refractivity contribution in [3.63, 3.8) is 0 Å². The highest BCUT2D eigenvalue weighted by Crippen LogP contribution is 2.23. The molecule has 0 spiro atoms. The monoisotopic (exact) mass is 250 g/mol. The van der Waals surface area contributed by atoms with Crippen molar-refractivity contribution >= 4 is 23.4 Å². The van der Waals surface area contributed by atoms with E-state index in [2.05, 4.69) is 16.9 Å². The van der Waals surface area contributed by atoms with Crippen molar-refractivity contribution < 1.29 is 0 Å². The Morgan fingerprint density at radius 3 is 2.62 bits per heavy atom. The van der Waals surface area contributed by atoms with E-state index in [1.165, 1.54) is 0 Å². The first kappa shape index (κ1) is 11.4. The van der Waals surface area contributed by atoms with E-state index in [9.17, 15) is 0 Å². The van der Waals surface area contributed by atoms with Crippen LogP contribution in [0.1, 0.15) is 6.92 Å². The number of benzene rings is 1. The van der Waals surface area contributed by atoms with Crippen molar-refractivity contribution in [1.29, 1.82) is 0 Å². The topological polar surface area (TPSA) is 25.8 Å². The maximum absolute atomic E-state index is 5.97. The predicted octanol–water partition coefficient (Wildman–Crippen LogP) is 3.91. The van der Waals surface area contributed by atoms with Crippen molar-refractivity contribution in [2.75, 3.05) is 5.75 Å². The molecule has 0 atom stereocenters. The Bertz CT molecular complexity index is 474. The zero-order valence-corrected chi connectivity index (χ0v) is 10.4. The van der Waals surface area contributed by atoms with E-state index in [-0.39, 0.29) is 0 Å². The SMILES string of the molecule is CCSc1cc(Cl)nc(-c2ccccc2)n1. The second-order valence-corrected chi connectivity index (χ2v) is 4.82. The van der Waals surface area contributed by atoms with Crippen LogP contribution in [0.25, 0.3) is 11.4 Å². The summed E-state index contributed by atoms with van der Waals surface area (Å²) in [6.45, 7) is 2.09. The fourth-order valence-corrected chi connectivity index (χ4v) is 2.22. The number of thioether (sulfide) groups is 1. The van der Waals surface area contributed by atoms with E-state index in [0.29, 0.717) is 11.0 Å². The van der Waals surface area contributed by atoms with Crippen LogP contribution in [0.15, 0.2) is 41.4 Å². The van der Waals surface area contributed by atoms with E-state index in [4.69, 9.17) is 11.6 Å². The molecule has 2 nitrogen and oxygen atoms in total. The van der Waals surface area contributed by atoms with Gasteiger partial charge < -0.3 is 0 Å². The maximum atomic E-state index is 5.97. The molecule has 2 aromatic rings. The lowest BCUT2D eigenvalue weighted by Crippen LogP contribution is -1.91. The molecule has 0 unspecified atom stereocenters. The Hall–Kier alpha value is -1.06. The first-order chi connectivity index (χ1) is 7.79. The van der Waals surface area contributed by atoms with Gasteiger partial charge in [-0.25, -0.2) is 9.97 Å². The molecular weight excluding hydrogens is 240 g/mol. The summed E-state index contributed by atoms with van der Waals surface area (Å²) in [6, 6.07) is 11.6. The summed E-state index contributed by atoms with van der Waals surface area (Å²) >= 11 is 7.63. The molecule has 0 aliphatic rings. The first-order valence-electron chi connectivity index (χ1n) is 5.02. The molecular formula is C12H11ClN2S. The molecule has 1 heterocycles. The van der Waals surface area contributed by atoms with Gasteiger partial charge in [-0.05, 0) is 5.75 Å². The van der Waals surface area contributed by atoms with Crippen LogP contribution in [0, 0.1) is 0 Å². The molecule has 0 aliphatic carbocycles. The number of rotatable bonds is 3. The Kier molecular flexibility index (Phi) is 3.80. The van der Waals surface area contributed by atoms with Gasteiger partial charge >= 0.3 is 0 Å². The molecule has 0 aliphatic heterocycles. The van der Waals surface area contributed by atoms with Gasteiger partial charge in [0, 0.05) is 11.6 Å². The van der Waals surface area contributed by atoms with Crippen LogP contribution in [0.4, 0.5) is 0 Å². The van der Waals surface area contributed by atoms with Crippen LogP contribution in [0.5, 0.6) is 0 Å². The van der Waals surface area contributed by atoms with Gasteiger partial charge in [0.2, 0.25) is 0 Å². The van der Waals surface area contributed by atoms with Crippen LogP contribution in [0.2, 0.25) is 5.15 Å². The molecule has 1 aromatic heterocycles. The third kappa shape index (κ3) is 2.74. The van der Waals surface area contributed by atoms with Crippen molar-refractivity contribution in [3.05, 3.63) is 41.6 Å². The Balaban J connectivity index is 2.41. The molecule has 0 saturated heterocycles. The minimum atomic E-state index is 0.491. The average molecular weight is 251 g/mol. The van der Waals surface area contributed by atoms with Crippen LogP contribution in [-0.2, 0) is 0 Å². The molecule has 0 saturated carbocycles. The van der Waals surface area contributed by atoms with E-state index in [1.807, 2.05) is 30.3 Å². The largest absolute Gasteiger partial charge is 0.222 e. The minimum absolute atomic E-state index is 0.491. The summed E-state index contributed by atoms with van der Waals surface area (Å²) in [5, 5.41) is 1.41. The highest BCUT2D eigenvalue weighted by Gasteiger charge is 2.05. The van der Waals surface area contributed by atoms with Gasteiger partial charge in [0.05, 0.1) is 0 Å². The second kappa shape index (κ2) is 5.32. The quantitative estimate of drug-likeness (QED) is 0.610. The van der Waals surface area contributed by atoms with Gasteiger partial charge in [-0.15, -0.1) is 11.8 Å². The summed E-state index contributed by atoms with van der Waals surface area (Å²) in [4.78, 5) is 8.69. The average Bonchev–Trinajstić information content (AvgIpc) is 2.30. The van der Waals surface area contributed by atoms with Crippen LogP contribution in [-0.4, -0.2) is 15.7 Å². The van der Waals surface area contributed by atoms with Crippen molar-refractivity contribution in [2.24, 2.45) is 0 Å². The van der Waals surface area contributed by atoms with Gasteiger partial charge in [0.1, 0.15) is 10.2 Å². The molecule has 0 fully saturated rings. The molecule has 0 N–H and O–H groups in total. The Morgan fingerprint density at radius 1 is 1.19 bits per heavy atom. The number of aromatic nitrogens is 2. The highest BCUT2D eigenvalue weighted by atomic mass is 35.5. The lowest BCUT2D eigenvalue weighted by atomic mass is 10.2. The number of nitrogens with zero attached hydrogens (tertiary/aromatic N) is 2. The number of hydrogen-bond donors (Lipinski definition) is 0. The molecule has 1 aromatic carbocycles. The fraction of sp³-hybridized carbons (Fsp3) is 0.167. The molecule has 82 valence electrons. The zero-order valence-electron chi connectivity index (χ0n) is 8.85. The van der Waals surface area contributed by atoms with Crippen molar-refractivity contribution in [2.45, 2.75) is 11.9 Å². The zero-order chi connectivity index (χ0) is 11.4. The van der Waals surface area contributed by atoms with Gasteiger partial charge in [0.25, 0.3) is 0 Å². The first-order valence-corrected chi connectivity index (χ1v) is 6.38. The summed E-state index contributed by atoms with van der Waals surface area (Å²) in [7, 11) is 0. The molecule has 16 heavy (non-hydrogen) atoms. The molecule has 0 bridgehead atoms. The smallest absolute Gasteiger partial charge is 0.162 e. The maximum Gasteiger partial charge on any atom is 0.162 e. The lowest BCUT2D eigenvalue weighted by Gasteiger charge is -2.03. The summed E-state index contributed by atoms with van der Waals surface area (Å²) in [5.41, 5.74) is 0.989. The summed E-state index contributed by atoms with van der Waals surface area (Å²) in [5.74, 6) is 1.66. The van der Waals surface area contributed by atoms with Gasteiger partial charge in [-0.3, -0.25) is 0 Å². The minimum Gasteiger partial charge on any atom is -0.222 e. The van der Waals surface area contributed by atoms with Crippen LogP contribution < -0.4 is 0 Å². The Morgan fingerprint density at radius 2 is 1.94 bits per heavy atom. The normalized spacial score (nSPS) is 10.4. The lowest BCUT2D eigenvalue weighted by molar-refractivity contribution is 1.06. The van der Waals surface area contributed by atoms with Gasteiger partial charge in [-0.2, -0.15) is 0 Å². The highest BCUT2D eigenvalue weighted by molar-refractivity contribution is 7.99. The summed E-state index contributed by atoms with van der Waals surface area (Å²) in [6.07, 6.45) is 0. The summed E-state index contributed by atoms with van der Waals surface area (Å²) < 4.78 is 0. The second-order valence-electron chi connectivity index (χ2n) is 3.15. The van der Waals surface area contributed by atoms with Crippen molar-refractivity contribution in [3.8, 4) is 11.4 Å². The van der Waals surface area contributed by atoms with Crippen molar-refractivity contribution in [1.82, 2.24) is 9.97 Å². The Labute approximate surface area is 104 Å². The predicted molar refractivity (Wildman–Crippen MR) is 68.9 cm³/mol. The standard InChI is InChI=1S/C12H11ClN2S/c1-2-16-11-8-10(13)14-12(15-11)9-6-4-3-5-7-9/h3-8H,2H2,1H3. The van der Waals surface area contributed by atoms with E-state index in [0.717, 1.165) is 16.3 Å². The number of halogens is 1. The third-order valence-electron chi connectivity index (χ3n) is 2.00.